The molecule has 0 amide bonds. The lowest BCUT2D eigenvalue weighted by Gasteiger charge is -2.42. The van der Waals surface area contributed by atoms with Gasteiger partial charge in [0.25, 0.3) is 0 Å². The third-order valence-corrected chi connectivity index (χ3v) is 6.00. The highest BCUT2D eigenvalue weighted by molar-refractivity contribution is 6.57. The summed E-state index contributed by atoms with van der Waals surface area (Å²) in [5, 5.41) is 0. The Bertz CT molecular complexity index is 242. The van der Waals surface area contributed by atoms with Crippen molar-refractivity contribution in [3.8, 4) is 0 Å². The van der Waals surface area contributed by atoms with Crippen molar-refractivity contribution in [2.45, 2.75) is 39.0 Å². The van der Waals surface area contributed by atoms with Crippen LogP contribution < -0.4 is 0 Å². The Kier molecular flexibility index (Phi) is 3.84. The second kappa shape index (κ2) is 5.15. The van der Waals surface area contributed by atoms with Crippen molar-refractivity contribution in [3.05, 3.63) is 0 Å². The molecule has 0 aromatic rings. The molecule has 1 saturated heterocycles. The van der Waals surface area contributed by atoms with Crippen LogP contribution in [0.4, 0.5) is 0 Å². The van der Waals surface area contributed by atoms with Gasteiger partial charge in [0.05, 0.1) is 7.11 Å². The average Bonchev–Trinajstić information content (AvgIpc) is 2.30. The Hall–Kier alpha value is -0.313. The first-order valence-electron chi connectivity index (χ1n) is 6.30. The molecule has 0 bridgehead atoms. The topological polar surface area (TPSA) is 12.5 Å². The van der Waals surface area contributed by atoms with Crippen molar-refractivity contribution in [2.75, 3.05) is 20.2 Å². The molecule has 2 aliphatic rings. The van der Waals surface area contributed by atoms with E-state index in [2.05, 4.69) is 17.2 Å². The predicted octanol–water partition coefficient (Wildman–Crippen LogP) is 2.04. The van der Waals surface area contributed by atoms with Gasteiger partial charge in [-0.1, -0.05) is 19.3 Å². The Labute approximate surface area is 95.0 Å². The first-order chi connectivity index (χ1) is 7.35. The highest BCUT2D eigenvalue weighted by Crippen LogP contribution is 2.35. The van der Waals surface area contributed by atoms with Gasteiger partial charge in [-0.3, -0.25) is 0 Å². The molecule has 2 unspecified atom stereocenters. The van der Waals surface area contributed by atoms with Crippen LogP contribution in [0.1, 0.15) is 39.0 Å². The number of nitrogens with zero attached hydrogens (tertiary/aromatic N) is 1. The van der Waals surface area contributed by atoms with Gasteiger partial charge >= 0.3 is 8.81 Å². The molecule has 1 heterocycles. The van der Waals surface area contributed by atoms with E-state index in [0.29, 0.717) is 0 Å². The Balaban J connectivity index is 1.96. The number of fused-ring (bicyclic) bond motifs is 1. The second-order valence-corrected chi connectivity index (χ2v) is 7.16. The molecular formula is C12H23NOSi. The van der Waals surface area contributed by atoms with Gasteiger partial charge < -0.3 is 8.99 Å². The van der Waals surface area contributed by atoms with Gasteiger partial charge in [-0.05, 0) is 37.3 Å². The zero-order chi connectivity index (χ0) is 10.7. The number of rotatable bonds is 2. The van der Waals surface area contributed by atoms with E-state index in [1.165, 1.54) is 45.2 Å². The van der Waals surface area contributed by atoms with Crippen LogP contribution >= 0.6 is 0 Å². The highest BCUT2D eigenvalue weighted by atomic mass is 28.3. The molecule has 0 radical (unpaired) electrons. The van der Waals surface area contributed by atoms with Gasteiger partial charge in [0.15, 0.2) is 0 Å². The summed E-state index contributed by atoms with van der Waals surface area (Å²) in [6.45, 7) is 4.72. The van der Waals surface area contributed by atoms with Crippen molar-refractivity contribution in [2.24, 2.45) is 11.8 Å². The van der Waals surface area contributed by atoms with Crippen LogP contribution in [0, 0.1) is 11.8 Å². The molecule has 86 valence electrons. The lowest BCUT2D eigenvalue weighted by Crippen LogP contribution is -2.47. The highest BCUT2D eigenvalue weighted by Gasteiger charge is 2.32. The molecule has 2 nitrogen and oxygen atoms in total. The lowest BCUT2D eigenvalue weighted by atomic mass is 9.76. The predicted molar refractivity (Wildman–Crippen MR) is 66.1 cm³/mol. The molecule has 0 aromatic carbocycles. The summed E-state index contributed by atoms with van der Waals surface area (Å²) in [5.41, 5.74) is 2.27. The van der Waals surface area contributed by atoms with E-state index in [4.69, 9.17) is 4.43 Å². The first-order valence-corrected chi connectivity index (χ1v) is 7.73. The minimum absolute atomic E-state index is 0.765. The smallest absolute Gasteiger partial charge is 0.356 e. The first kappa shape index (κ1) is 11.2. The Morgan fingerprint density at radius 1 is 1.20 bits per heavy atom. The van der Waals surface area contributed by atoms with E-state index < -0.39 is 8.81 Å². The lowest BCUT2D eigenvalue weighted by molar-refractivity contribution is 0.125. The second-order valence-electron chi connectivity index (χ2n) is 4.87. The molecule has 2 fully saturated rings. The minimum atomic E-state index is -0.765. The summed E-state index contributed by atoms with van der Waals surface area (Å²) >= 11 is 0. The van der Waals surface area contributed by atoms with Crippen LogP contribution in [0.15, 0.2) is 0 Å². The maximum absolute atomic E-state index is 5.59. The van der Waals surface area contributed by atoms with Gasteiger partial charge in [-0.15, -0.1) is 0 Å². The van der Waals surface area contributed by atoms with Crippen LogP contribution in [-0.4, -0.2) is 39.3 Å². The third kappa shape index (κ3) is 2.44. The van der Waals surface area contributed by atoms with Crippen LogP contribution in [-0.2, 0) is 4.43 Å². The zero-order valence-electron chi connectivity index (χ0n) is 10.0. The van der Waals surface area contributed by atoms with E-state index in [-0.39, 0.29) is 0 Å². The van der Waals surface area contributed by atoms with Gasteiger partial charge in [0.1, 0.15) is 0 Å². The molecule has 0 N–H and O–H groups in total. The Morgan fingerprint density at radius 2 is 1.93 bits per heavy atom. The van der Waals surface area contributed by atoms with Gasteiger partial charge in [0.2, 0.25) is 0 Å². The summed E-state index contributed by atoms with van der Waals surface area (Å²) in [6, 6.07) is 0. The number of hydrogen-bond donors (Lipinski definition) is 0. The van der Waals surface area contributed by atoms with E-state index in [1.54, 1.807) is 0 Å². The zero-order valence-corrected chi connectivity index (χ0v) is 11.0. The molecule has 3 heteroatoms. The van der Waals surface area contributed by atoms with E-state index in [0.717, 1.165) is 11.8 Å². The summed E-state index contributed by atoms with van der Waals surface area (Å²) in [4.78, 5) is 0. The SMILES string of the molecule is C/C=[Si](\OC)N1CCC2CCCCC2C1. The third-order valence-electron chi connectivity index (χ3n) is 4.06. The largest absolute Gasteiger partial charge is 0.539 e. The monoisotopic (exact) mass is 225 g/mol. The molecule has 1 aliphatic heterocycles. The molecule has 0 aromatic heterocycles. The fourth-order valence-corrected chi connectivity index (χ4v) is 4.85. The standard InChI is InChI=1S/C12H23NOSi/c1-3-15(14-2)13-9-8-11-6-4-5-7-12(11)10-13/h3,11-12H,4-10H2,1-2H3/b15-3-. The fourth-order valence-electron chi connectivity index (χ4n) is 3.23. The molecule has 0 spiro atoms. The van der Waals surface area contributed by atoms with E-state index in [9.17, 15) is 0 Å². The molecular weight excluding hydrogens is 202 g/mol. The van der Waals surface area contributed by atoms with Crippen molar-refractivity contribution in [3.63, 3.8) is 0 Å². The normalized spacial score (nSPS) is 32.4. The van der Waals surface area contributed by atoms with Crippen molar-refractivity contribution < 1.29 is 4.43 Å². The summed E-state index contributed by atoms with van der Waals surface area (Å²) in [6.07, 6.45) is 7.30. The van der Waals surface area contributed by atoms with Crippen LogP contribution in [0.25, 0.3) is 0 Å². The Morgan fingerprint density at radius 3 is 2.60 bits per heavy atom. The molecule has 15 heavy (non-hydrogen) atoms. The van der Waals surface area contributed by atoms with Gasteiger partial charge in [0, 0.05) is 13.1 Å². The van der Waals surface area contributed by atoms with Gasteiger partial charge in [-0.25, -0.2) is 0 Å². The van der Waals surface area contributed by atoms with Crippen molar-refractivity contribution in [1.82, 2.24) is 4.57 Å². The number of hydrogen-bond acceptors (Lipinski definition) is 2. The van der Waals surface area contributed by atoms with Crippen LogP contribution in [0.3, 0.4) is 0 Å². The summed E-state index contributed by atoms with van der Waals surface area (Å²) in [7, 11) is 1.10. The molecule has 1 saturated carbocycles. The average molecular weight is 225 g/mol. The molecule has 2 rings (SSSR count). The van der Waals surface area contributed by atoms with Crippen LogP contribution in [0.5, 0.6) is 0 Å². The van der Waals surface area contributed by atoms with E-state index in [1.807, 2.05) is 7.11 Å². The molecule has 2 atom stereocenters. The van der Waals surface area contributed by atoms with Crippen LogP contribution in [0.2, 0.25) is 0 Å². The molecule has 1 aliphatic carbocycles. The fraction of sp³-hybridized carbons (Fsp3) is 0.917. The summed E-state index contributed by atoms with van der Waals surface area (Å²) in [5.74, 6) is 2.01. The summed E-state index contributed by atoms with van der Waals surface area (Å²) < 4.78 is 8.20. The quantitative estimate of drug-likeness (QED) is 0.667. The minimum Gasteiger partial charge on any atom is -0.539 e. The maximum Gasteiger partial charge on any atom is 0.356 e. The van der Waals surface area contributed by atoms with E-state index >= 15 is 0 Å². The van der Waals surface area contributed by atoms with Crippen molar-refractivity contribution >= 4 is 14.5 Å². The number of piperidine rings is 1. The van der Waals surface area contributed by atoms with Gasteiger partial charge in [-0.2, -0.15) is 0 Å². The maximum atomic E-state index is 5.59. The van der Waals surface area contributed by atoms with Crippen molar-refractivity contribution in [1.29, 1.82) is 0 Å².